The van der Waals surface area contributed by atoms with Gasteiger partial charge in [-0.25, -0.2) is 0 Å². The van der Waals surface area contributed by atoms with Gasteiger partial charge in [0.2, 0.25) is 0 Å². The van der Waals surface area contributed by atoms with Crippen LogP contribution in [0.4, 0.5) is 0 Å². The van der Waals surface area contributed by atoms with E-state index in [1.807, 2.05) is 6.92 Å². The van der Waals surface area contributed by atoms with Crippen LogP contribution in [0.5, 0.6) is 0 Å². The Bertz CT molecular complexity index is 328. The van der Waals surface area contributed by atoms with Crippen molar-refractivity contribution in [3.8, 4) is 0 Å². The Hall–Kier alpha value is -0.900. The number of aliphatic hydroxyl groups excluding tert-OH is 1. The highest BCUT2D eigenvalue weighted by molar-refractivity contribution is 5.80. The third-order valence-electron chi connectivity index (χ3n) is 4.73. The molecule has 0 aliphatic heterocycles. The molecule has 0 aliphatic carbocycles. The van der Waals surface area contributed by atoms with Gasteiger partial charge in [0.25, 0.3) is 0 Å². The molecule has 0 rings (SSSR count). The molecule has 2 atom stereocenters. The van der Waals surface area contributed by atoms with Crippen LogP contribution in [0.15, 0.2) is 0 Å². The number of unbranched alkanes of at least 4 members (excludes halogenated alkanes) is 5. The van der Waals surface area contributed by atoms with Gasteiger partial charge in [-0.1, -0.05) is 58.8 Å². The molecule has 0 amide bonds. The van der Waals surface area contributed by atoms with Crippen molar-refractivity contribution in [2.24, 2.45) is 5.92 Å². The second-order valence-electron chi connectivity index (χ2n) is 6.94. The van der Waals surface area contributed by atoms with Crippen LogP contribution in [0.3, 0.4) is 0 Å². The molecule has 0 radical (unpaired) electrons. The van der Waals surface area contributed by atoms with Crippen LogP contribution < -0.4 is 0 Å². The van der Waals surface area contributed by atoms with E-state index < -0.39 is 5.97 Å². The summed E-state index contributed by atoms with van der Waals surface area (Å²) in [5, 5.41) is 18.6. The minimum absolute atomic E-state index is 0.123. The summed E-state index contributed by atoms with van der Waals surface area (Å²) in [6.07, 6.45) is 12.1. The van der Waals surface area contributed by atoms with Crippen molar-refractivity contribution in [1.29, 1.82) is 0 Å². The number of Topliss-reactive ketones (excluding diaryl/α,β-unsaturated/α-hetero) is 1. The van der Waals surface area contributed by atoms with Gasteiger partial charge in [0.05, 0.1) is 6.10 Å². The predicted molar refractivity (Wildman–Crippen MR) is 98.1 cm³/mol. The van der Waals surface area contributed by atoms with Gasteiger partial charge >= 0.3 is 5.97 Å². The number of carbonyl (C=O) groups excluding carboxylic acids is 1. The number of rotatable bonds is 17. The molecular weight excluding hydrogens is 304 g/mol. The number of hydrogen-bond donors (Lipinski definition) is 2. The Morgan fingerprint density at radius 3 is 2.00 bits per heavy atom. The maximum Gasteiger partial charge on any atom is 0.303 e. The van der Waals surface area contributed by atoms with Crippen LogP contribution in [0, 0.1) is 5.92 Å². The smallest absolute Gasteiger partial charge is 0.303 e. The van der Waals surface area contributed by atoms with E-state index in [1.54, 1.807) is 0 Å². The van der Waals surface area contributed by atoms with E-state index in [9.17, 15) is 14.7 Å². The van der Waals surface area contributed by atoms with Crippen molar-refractivity contribution in [2.45, 2.75) is 110 Å². The molecule has 0 aromatic carbocycles. The number of aliphatic hydroxyl groups is 1. The van der Waals surface area contributed by atoms with Crippen molar-refractivity contribution in [1.82, 2.24) is 0 Å². The maximum atomic E-state index is 12.1. The van der Waals surface area contributed by atoms with Crippen LogP contribution in [0.25, 0.3) is 0 Å². The minimum atomic E-state index is -0.730. The first-order valence-corrected chi connectivity index (χ1v) is 9.93. The second-order valence-corrected chi connectivity index (χ2v) is 6.94. The Morgan fingerprint density at radius 1 is 0.792 bits per heavy atom. The van der Waals surface area contributed by atoms with Gasteiger partial charge in [0.15, 0.2) is 0 Å². The average Bonchev–Trinajstić information content (AvgIpc) is 2.55. The number of carbonyl (C=O) groups is 2. The zero-order valence-electron chi connectivity index (χ0n) is 15.8. The van der Waals surface area contributed by atoms with Crippen LogP contribution in [0.1, 0.15) is 104 Å². The Balaban J connectivity index is 3.89. The lowest BCUT2D eigenvalue weighted by atomic mass is 9.89. The molecule has 142 valence electrons. The van der Waals surface area contributed by atoms with Gasteiger partial charge in [-0.15, -0.1) is 0 Å². The van der Waals surface area contributed by atoms with E-state index in [1.165, 1.54) is 12.8 Å². The fourth-order valence-electron chi connectivity index (χ4n) is 3.15. The van der Waals surface area contributed by atoms with Gasteiger partial charge in [-0.2, -0.15) is 0 Å². The van der Waals surface area contributed by atoms with Gasteiger partial charge in [-0.3, -0.25) is 9.59 Å². The van der Waals surface area contributed by atoms with Crippen molar-refractivity contribution in [3.05, 3.63) is 0 Å². The van der Waals surface area contributed by atoms with Crippen LogP contribution >= 0.6 is 0 Å². The lowest BCUT2D eigenvalue weighted by Gasteiger charge is -2.16. The number of carboxylic acid groups (broad SMARTS) is 1. The van der Waals surface area contributed by atoms with Crippen molar-refractivity contribution < 1.29 is 19.8 Å². The molecule has 4 nitrogen and oxygen atoms in total. The summed E-state index contributed by atoms with van der Waals surface area (Å²) in [7, 11) is 0. The largest absolute Gasteiger partial charge is 0.481 e. The molecule has 0 saturated carbocycles. The molecule has 0 aliphatic rings. The lowest BCUT2D eigenvalue weighted by molar-refractivity contribution is -0.137. The summed E-state index contributed by atoms with van der Waals surface area (Å²) < 4.78 is 0. The zero-order chi connectivity index (χ0) is 18.2. The molecule has 2 unspecified atom stereocenters. The van der Waals surface area contributed by atoms with Gasteiger partial charge in [-0.05, 0) is 32.1 Å². The quantitative estimate of drug-likeness (QED) is 0.360. The highest BCUT2D eigenvalue weighted by atomic mass is 16.4. The normalized spacial score (nSPS) is 13.6. The molecule has 0 fully saturated rings. The first kappa shape index (κ1) is 23.1. The highest BCUT2D eigenvalue weighted by Crippen LogP contribution is 2.21. The second kappa shape index (κ2) is 15.6. The molecule has 0 bridgehead atoms. The Morgan fingerprint density at radius 2 is 1.38 bits per heavy atom. The van der Waals surface area contributed by atoms with Gasteiger partial charge in [0, 0.05) is 18.8 Å². The summed E-state index contributed by atoms with van der Waals surface area (Å²) in [4.78, 5) is 22.5. The van der Waals surface area contributed by atoms with Gasteiger partial charge < -0.3 is 10.2 Å². The van der Waals surface area contributed by atoms with E-state index in [0.29, 0.717) is 12.2 Å². The molecule has 0 spiro atoms. The number of ketones is 1. The molecule has 24 heavy (non-hydrogen) atoms. The maximum absolute atomic E-state index is 12.1. The summed E-state index contributed by atoms with van der Waals surface area (Å²) in [6, 6.07) is 0. The van der Waals surface area contributed by atoms with Crippen molar-refractivity contribution >= 4 is 11.8 Å². The number of aliphatic carboxylic acids is 1. The molecule has 4 heteroatoms. The fraction of sp³-hybridized carbons (Fsp3) is 0.900. The van der Waals surface area contributed by atoms with E-state index in [2.05, 4.69) is 6.92 Å². The van der Waals surface area contributed by atoms with Crippen LogP contribution in [-0.4, -0.2) is 28.1 Å². The molecular formula is C20H38O4. The molecule has 0 aromatic rings. The molecule has 0 saturated heterocycles. The molecule has 2 N–H and O–H groups in total. The summed E-state index contributed by atoms with van der Waals surface area (Å²) in [5.41, 5.74) is 0. The lowest BCUT2D eigenvalue weighted by Crippen LogP contribution is -2.15. The molecule has 0 aromatic heterocycles. The van der Waals surface area contributed by atoms with Crippen LogP contribution in [-0.2, 0) is 9.59 Å². The van der Waals surface area contributed by atoms with E-state index in [4.69, 9.17) is 5.11 Å². The zero-order valence-corrected chi connectivity index (χ0v) is 15.8. The van der Waals surface area contributed by atoms with Crippen LogP contribution in [0.2, 0.25) is 0 Å². The topological polar surface area (TPSA) is 74.6 Å². The van der Waals surface area contributed by atoms with E-state index >= 15 is 0 Å². The summed E-state index contributed by atoms with van der Waals surface area (Å²) in [6.45, 7) is 4.08. The fourth-order valence-corrected chi connectivity index (χ4v) is 3.15. The highest BCUT2D eigenvalue weighted by Gasteiger charge is 2.16. The first-order valence-electron chi connectivity index (χ1n) is 9.93. The predicted octanol–water partition coefficient (Wildman–Crippen LogP) is 5.12. The first-order chi connectivity index (χ1) is 11.5. The van der Waals surface area contributed by atoms with Crippen molar-refractivity contribution in [3.63, 3.8) is 0 Å². The number of carboxylic acids is 1. The molecule has 0 heterocycles. The minimum Gasteiger partial charge on any atom is -0.481 e. The third kappa shape index (κ3) is 13.5. The summed E-state index contributed by atoms with van der Waals surface area (Å²) >= 11 is 0. The monoisotopic (exact) mass is 342 g/mol. The average molecular weight is 343 g/mol. The SMILES string of the molecule is CCCCCC(O)CCCC(CCCCCCC(=O)O)C(=O)CC. The Kier molecular flexibility index (Phi) is 15.0. The van der Waals surface area contributed by atoms with Gasteiger partial charge in [0.1, 0.15) is 5.78 Å². The van der Waals surface area contributed by atoms with Crippen molar-refractivity contribution in [2.75, 3.05) is 0 Å². The summed E-state index contributed by atoms with van der Waals surface area (Å²) in [5.74, 6) is -0.273. The number of hydrogen-bond acceptors (Lipinski definition) is 3. The third-order valence-corrected chi connectivity index (χ3v) is 4.73. The Labute approximate surface area is 148 Å². The van der Waals surface area contributed by atoms with E-state index in [-0.39, 0.29) is 18.4 Å². The standard InChI is InChI=1S/C20H38O4/c1-3-5-8-14-18(21)15-11-13-17(19(22)4-2)12-9-6-7-10-16-20(23)24/h17-18,21H,3-16H2,1-2H3,(H,23,24). The van der Waals surface area contributed by atoms with E-state index in [0.717, 1.165) is 64.2 Å².